The van der Waals surface area contributed by atoms with Crippen molar-refractivity contribution in [3.63, 3.8) is 0 Å². The molecule has 0 heterocycles. The van der Waals surface area contributed by atoms with Gasteiger partial charge in [0.1, 0.15) is 5.75 Å². The molecule has 0 aliphatic heterocycles. The molecule has 0 spiro atoms. The predicted octanol–water partition coefficient (Wildman–Crippen LogP) is 7.97. The topological polar surface area (TPSA) is 93.1 Å². The van der Waals surface area contributed by atoms with Gasteiger partial charge in [-0.2, -0.15) is 0 Å². The van der Waals surface area contributed by atoms with E-state index >= 15 is 0 Å². The first-order valence-corrected chi connectivity index (χ1v) is 16.6. The van der Waals surface area contributed by atoms with Gasteiger partial charge in [0.2, 0.25) is 0 Å². The van der Waals surface area contributed by atoms with E-state index in [2.05, 4.69) is 35.8 Å². The maximum Gasteiger partial charge on any atom is 0.341 e. The highest BCUT2D eigenvalue weighted by Crippen LogP contribution is 2.29. The Bertz CT molecular complexity index is 1700. The summed E-state index contributed by atoms with van der Waals surface area (Å²) in [6, 6.07) is 21.0. The first-order chi connectivity index (χ1) is 22.0. The number of ether oxygens (including phenoxy) is 2. The molecule has 0 fully saturated rings. The van der Waals surface area contributed by atoms with Crippen LogP contribution in [-0.4, -0.2) is 46.9 Å². The number of hydrogen-bond acceptors (Lipinski definition) is 6. The molecule has 0 radical (unpaired) electrons. The van der Waals surface area contributed by atoms with Crippen LogP contribution in [0.3, 0.4) is 0 Å². The minimum Gasteiger partial charge on any atom is -0.482 e. The van der Waals surface area contributed by atoms with Gasteiger partial charge in [-0.3, -0.25) is 0 Å². The summed E-state index contributed by atoms with van der Waals surface area (Å²) in [5.74, 6) is 12.9. The zero-order chi connectivity index (χ0) is 33.5. The van der Waals surface area contributed by atoms with E-state index in [-0.39, 0.29) is 6.61 Å². The van der Waals surface area contributed by atoms with E-state index in [0.29, 0.717) is 17.9 Å². The second-order valence-corrected chi connectivity index (χ2v) is 12.6. The molecule has 0 saturated heterocycles. The molecule has 8 heteroatoms. The lowest BCUT2D eigenvalue weighted by Gasteiger charge is -2.25. The maximum atomic E-state index is 11.7. The lowest BCUT2D eigenvalue weighted by molar-refractivity contribution is -0.164. The highest BCUT2D eigenvalue weighted by atomic mass is 32.2. The standard InChI is InChI=1S/C38H38O6S2/c1-6-44-38(5,37(41)42)32-15-17-33(18-16-32)45-23-21-27(2)7-9-30-11-13-31(14-12-30)10-8-28(3)22-24-46-34-19-20-35(29(4)25-34)43-26-36(39)40/h11-22,25H,6,23-24,26H2,1-5H3,(H,39,40)(H,41,42). The van der Waals surface area contributed by atoms with Gasteiger partial charge >= 0.3 is 11.9 Å². The third-order valence-corrected chi connectivity index (χ3v) is 8.58. The number of benzene rings is 3. The van der Waals surface area contributed by atoms with Crippen molar-refractivity contribution in [3.05, 3.63) is 112 Å². The molecule has 0 aliphatic carbocycles. The zero-order valence-electron chi connectivity index (χ0n) is 26.7. The summed E-state index contributed by atoms with van der Waals surface area (Å²) in [7, 11) is 0. The van der Waals surface area contributed by atoms with E-state index < -0.39 is 17.5 Å². The molecule has 1 unspecified atom stereocenters. The van der Waals surface area contributed by atoms with Crippen LogP contribution >= 0.6 is 23.5 Å². The molecule has 0 amide bonds. The molecule has 46 heavy (non-hydrogen) atoms. The minimum absolute atomic E-state index is 0.316. The number of rotatable bonds is 13. The second kappa shape index (κ2) is 18.0. The Balaban J connectivity index is 1.48. The highest BCUT2D eigenvalue weighted by Gasteiger charge is 2.35. The molecule has 6 nitrogen and oxygen atoms in total. The van der Waals surface area contributed by atoms with Crippen LogP contribution in [0.1, 0.15) is 49.9 Å². The quantitative estimate of drug-likeness (QED) is 0.142. The van der Waals surface area contributed by atoms with Crippen LogP contribution in [-0.2, 0) is 19.9 Å². The Morgan fingerprint density at radius 1 is 0.826 bits per heavy atom. The lowest BCUT2D eigenvalue weighted by atomic mass is 9.96. The minimum atomic E-state index is -1.36. The van der Waals surface area contributed by atoms with Crippen LogP contribution in [0.25, 0.3) is 0 Å². The van der Waals surface area contributed by atoms with Crippen molar-refractivity contribution in [1.29, 1.82) is 0 Å². The fourth-order valence-electron chi connectivity index (χ4n) is 4.05. The first kappa shape index (κ1) is 36.1. The number of allylic oxidation sites excluding steroid dienone is 2. The molecule has 0 aliphatic rings. The maximum absolute atomic E-state index is 11.7. The molecule has 238 valence electrons. The van der Waals surface area contributed by atoms with Gasteiger partial charge in [-0.15, -0.1) is 23.5 Å². The van der Waals surface area contributed by atoms with Gasteiger partial charge in [0.05, 0.1) is 0 Å². The van der Waals surface area contributed by atoms with Gasteiger partial charge in [0.15, 0.2) is 12.2 Å². The van der Waals surface area contributed by atoms with Crippen LogP contribution in [0, 0.1) is 30.6 Å². The average molecular weight is 655 g/mol. The average Bonchev–Trinajstić information content (AvgIpc) is 3.03. The third-order valence-electron chi connectivity index (χ3n) is 6.72. The van der Waals surface area contributed by atoms with Crippen molar-refractivity contribution < 1.29 is 29.3 Å². The van der Waals surface area contributed by atoms with Gasteiger partial charge < -0.3 is 19.7 Å². The monoisotopic (exact) mass is 654 g/mol. The fourth-order valence-corrected chi connectivity index (χ4v) is 5.85. The van der Waals surface area contributed by atoms with Crippen molar-refractivity contribution in [2.24, 2.45) is 0 Å². The largest absolute Gasteiger partial charge is 0.482 e. The number of thioether (sulfide) groups is 2. The van der Waals surface area contributed by atoms with E-state index in [0.717, 1.165) is 49.1 Å². The van der Waals surface area contributed by atoms with Crippen molar-refractivity contribution in [1.82, 2.24) is 0 Å². The Kier molecular flexibility index (Phi) is 14.1. The van der Waals surface area contributed by atoms with E-state index in [1.165, 1.54) is 0 Å². The van der Waals surface area contributed by atoms with Crippen LogP contribution in [0.4, 0.5) is 0 Å². The number of aliphatic carboxylic acids is 2. The number of hydrogen-bond donors (Lipinski definition) is 2. The summed E-state index contributed by atoms with van der Waals surface area (Å²) in [4.78, 5) is 24.5. The van der Waals surface area contributed by atoms with Crippen molar-refractivity contribution in [2.75, 3.05) is 24.7 Å². The molecular weight excluding hydrogens is 617 g/mol. The van der Waals surface area contributed by atoms with E-state index in [1.807, 2.05) is 69.3 Å². The molecule has 0 bridgehead atoms. The third kappa shape index (κ3) is 11.5. The van der Waals surface area contributed by atoms with E-state index in [9.17, 15) is 14.7 Å². The molecule has 3 rings (SSSR count). The summed E-state index contributed by atoms with van der Waals surface area (Å²) in [6.07, 6.45) is 4.16. The van der Waals surface area contributed by atoms with Crippen molar-refractivity contribution in [2.45, 2.75) is 50.0 Å². The summed E-state index contributed by atoms with van der Waals surface area (Å²) in [5.41, 5.74) is 3.94. The molecule has 3 aromatic carbocycles. The van der Waals surface area contributed by atoms with Gasteiger partial charge in [-0.25, -0.2) is 9.59 Å². The molecule has 0 aromatic heterocycles. The summed E-state index contributed by atoms with van der Waals surface area (Å²) in [6.45, 7) is 9.19. The van der Waals surface area contributed by atoms with Gasteiger partial charge in [-0.05, 0) is 111 Å². The van der Waals surface area contributed by atoms with Gasteiger partial charge in [0, 0.05) is 39.0 Å². The Morgan fingerprint density at radius 3 is 1.83 bits per heavy atom. The normalized spacial score (nSPS) is 12.6. The number of aryl methyl sites for hydroxylation is 1. The summed E-state index contributed by atoms with van der Waals surface area (Å²) in [5, 5.41) is 18.4. The van der Waals surface area contributed by atoms with Crippen LogP contribution in [0.5, 0.6) is 5.75 Å². The van der Waals surface area contributed by atoms with Crippen molar-refractivity contribution >= 4 is 35.5 Å². The van der Waals surface area contributed by atoms with Gasteiger partial charge in [0.25, 0.3) is 0 Å². The Labute approximate surface area is 280 Å². The SMILES string of the molecule is CCOC(C)(C(=O)O)c1ccc(SCC=C(C)C#Cc2ccc(C#CC(C)=CCSc3ccc(OCC(=O)O)c(C)c3)cc2)cc1. The predicted molar refractivity (Wildman–Crippen MR) is 187 cm³/mol. The molecule has 2 N–H and O–H groups in total. The van der Waals surface area contributed by atoms with Crippen molar-refractivity contribution in [3.8, 4) is 29.4 Å². The lowest BCUT2D eigenvalue weighted by Crippen LogP contribution is -2.35. The fraction of sp³-hybridized carbons (Fsp3) is 0.263. The zero-order valence-corrected chi connectivity index (χ0v) is 28.3. The number of carboxylic acids is 2. The Morgan fingerprint density at radius 2 is 1.35 bits per heavy atom. The van der Waals surface area contributed by atoms with E-state index in [4.69, 9.17) is 14.6 Å². The molecule has 3 aromatic rings. The number of carboxylic acid groups (broad SMARTS) is 2. The highest BCUT2D eigenvalue weighted by molar-refractivity contribution is 7.99. The first-order valence-electron chi connectivity index (χ1n) is 14.7. The van der Waals surface area contributed by atoms with Crippen LogP contribution in [0.15, 0.2) is 99.8 Å². The summed E-state index contributed by atoms with van der Waals surface area (Å²) >= 11 is 3.33. The molecular formula is C38H38O6S2. The molecule has 1 atom stereocenters. The van der Waals surface area contributed by atoms with Crippen LogP contribution in [0.2, 0.25) is 0 Å². The van der Waals surface area contributed by atoms with Crippen LogP contribution < -0.4 is 4.74 Å². The van der Waals surface area contributed by atoms with Gasteiger partial charge in [-0.1, -0.05) is 48.0 Å². The molecule has 0 saturated carbocycles. The second-order valence-electron chi connectivity index (χ2n) is 10.4. The summed E-state index contributed by atoms with van der Waals surface area (Å²) < 4.78 is 10.8. The van der Waals surface area contributed by atoms with E-state index in [1.54, 1.807) is 55.6 Å². The Hall–Kier alpha value is -4.34. The number of carbonyl (C=O) groups is 2. The smallest absolute Gasteiger partial charge is 0.341 e.